The zero-order valence-corrected chi connectivity index (χ0v) is 11.3. The van der Waals surface area contributed by atoms with Gasteiger partial charge in [0.15, 0.2) is 5.78 Å². The predicted octanol–water partition coefficient (Wildman–Crippen LogP) is 2.16. The molecule has 2 aliphatic rings. The third kappa shape index (κ3) is 1.81. The molecule has 1 aromatic rings. The largest absolute Gasteiger partial charge is 0.465 e. The molecule has 1 spiro atoms. The van der Waals surface area contributed by atoms with Crippen molar-refractivity contribution in [3.05, 3.63) is 35.4 Å². The van der Waals surface area contributed by atoms with Crippen molar-refractivity contribution in [2.24, 2.45) is 5.41 Å². The molecule has 1 saturated heterocycles. The second kappa shape index (κ2) is 4.59. The molecule has 2 unspecified atom stereocenters. The van der Waals surface area contributed by atoms with Crippen LogP contribution in [-0.2, 0) is 11.2 Å². The van der Waals surface area contributed by atoms with Crippen LogP contribution in [-0.4, -0.2) is 41.8 Å². The minimum Gasteiger partial charge on any atom is -0.465 e. The van der Waals surface area contributed by atoms with Crippen LogP contribution in [0.2, 0.25) is 0 Å². The Kier molecular flexibility index (Phi) is 3.01. The number of benzene rings is 1. The topological polar surface area (TPSA) is 66.8 Å². The van der Waals surface area contributed by atoms with Gasteiger partial charge in [0.25, 0.3) is 0 Å². The van der Waals surface area contributed by atoms with Gasteiger partial charge in [-0.05, 0) is 18.4 Å². The molecule has 1 heterocycles. The summed E-state index contributed by atoms with van der Waals surface area (Å²) in [6.45, 7) is 0.341. The number of hydrogen-bond donors (Lipinski definition) is 1. The van der Waals surface area contributed by atoms with Gasteiger partial charge < -0.3 is 9.84 Å². The van der Waals surface area contributed by atoms with E-state index in [-0.39, 0.29) is 5.78 Å². The van der Waals surface area contributed by atoms with E-state index in [1.807, 2.05) is 24.3 Å². The third-order valence-corrected chi connectivity index (χ3v) is 4.53. The fraction of sp³-hybridized carbons (Fsp3) is 0.467. The predicted molar refractivity (Wildman–Crippen MR) is 71.7 cm³/mol. The highest BCUT2D eigenvalue weighted by Crippen LogP contribution is 2.46. The molecule has 1 aliphatic carbocycles. The standard InChI is InChI=1S/C15H17NO4/c1-20-12-9-15(6-7-16(12)14(18)19)8-10-4-2-3-5-11(10)13(15)17/h2-5,12H,6-9H2,1H3,(H,18,19). The van der Waals surface area contributed by atoms with Gasteiger partial charge in [0.1, 0.15) is 6.23 Å². The van der Waals surface area contributed by atoms with Crippen LogP contribution in [0.5, 0.6) is 0 Å². The van der Waals surface area contributed by atoms with Gasteiger partial charge in [0.05, 0.1) is 0 Å². The lowest BCUT2D eigenvalue weighted by Crippen LogP contribution is -2.52. The van der Waals surface area contributed by atoms with Gasteiger partial charge >= 0.3 is 6.09 Å². The van der Waals surface area contributed by atoms with Crippen molar-refractivity contribution >= 4 is 11.9 Å². The van der Waals surface area contributed by atoms with Crippen molar-refractivity contribution in [3.63, 3.8) is 0 Å². The number of hydrogen-bond acceptors (Lipinski definition) is 3. The van der Waals surface area contributed by atoms with Crippen LogP contribution in [0.1, 0.15) is 28.8 Å². The summed E-state index contributed by atoms with van der Waals surface area (Å²) in [7, 11) is 1.49. The lowest BCUT2D eigenvalue weighted by atomic mass is 9.74. The number of ether oxygens (including phenoxy) is 1. The van der Waals surface area contributed by atoms with Crippen molar-refractivity contribution < 1.29 is 19.4 Å². The Labute approximate surface area is 117 Å². The molecule has 3 rings (SSSR count). The van der Waals surface area contributed by atoms with Crippen LogP contribution < -0.4 is 0 Å². The molecule has 1 fully saturated rings. The van der Waals surface area contributed by atoms with Gasteiger partial charge in [-0.3, -0.25) is 9.69 Å². The summed E-state index contributed by atoms with van der Waals surface area (Å²) in [5, 5.41) is 9.17. The van der Waals surface area contributed by atoms with Crippen molar-refractivity contribution in [3.8, 4) is 0 Å². The molecule has 0 bridgehead atoms. The molecule has 20 heavy (non-hydrogen) atoms. The zero-order valence-electron chi connectivity index (χ0n) is 11.3. The Balaban J connectivity index is 1.90. The molecule has 1 aromatic carbocycles. The maximum atomic E-state index is 12.7. The van der Waals surface area contributed by atoms with Crippen LogP contribution in [0, 0.1) is 5.41 Å². The molecule has 5 nitrogen and oxygen atoms in total. The summed E-state index contributed by atoms with van der Waals surface area (Å²) in [5.74, 6) is 0.139. The maximum Gasteiger partial charge on any atom is 0.409 e. The first kappa shape index (κ1) is 13.1. The van der Waals surface area contributed by atoms with Gasteiger partial charge in [-0.2, -0.15) is 0 Å². The molecule has 1 aliphatic heterocycles. The molecule has 106 valence electrons. The van der Waals surface area contributed by atoms with Gasteiger partial charge in [0.2, 0.25) is 0 Å². The molecule has 0 saturated carbocycles. The zero-order chi connectivity index (χ0) is 14.3. The lowest BCUT2D eigenvalue weighted by molar-refractivity contribution is -0.0722. The molecule has 2 atom stereocenters. The van der Waals surface area contributed by atoms with Gasteiger partial charge in [-0.1, -0.05) is 24.3 Å². The van der Waals surface area contributed by atoms with E-state index >= 15 is 0 Å². The lowest BCUT2D eigenvalue weighted by Gasteiger charge is -2.41. The fourth-order valence-electron chi connectivity index (χ4n) is 3.45. The van der Waals surface area contributed by atoms with E-state index in [1.165, 1.54) is 12.0 Å². The first-order valence-corrected chi connectivity index (χ1v) is 6.72. The highest BCUT2D eigenvalue weighted by Gasteiger charge is 2.50. The van der Waals surface area contributed by atoms with Crippen LogP contribution in [0.4, 0.5) is 4.79 Å². The highest BCUT2D eigenvalue weighted by molar-refractivity contribution is 6.05. The Morgan fingerprint density at radius 1 is 1.45 bits per heavy atom. The van der Waals surface area contributed by atoms with Crippen LogP contribution >= 0.6 is 0 Å². The number of carbonyl (C=O) groups excluding carboxylic acids is 1. The SMILES string of the molecule is COC1CC2(CCN1C(=O)O)Cc1ccccc1C2=O. The molecular formula is C15H17NO4. The quantitative estimate of drug-likeness (QED) is 0.853. The molecule has 1 N–H and O–H groups in total. The first-order valence-electron chi connectivity index (χ1n) is 6.72. The van der Waals surface area contributed by atoms with Crippen molar-refractivity contribution in [2.75, 3.05) is 13.7 Å². The summed E-state index contributed by atoms with van der Waals surface area (Å²) in [5.41, 5.74) is 1.36. The van der Waals surface area contributed by atoms with Gasteiger partial charge in [-0.15, -0.1) is 0 Å². The minimum absolute atomic E-state index is 0.139. The van der Waals surface area contributed by atoms with E-state index in [1.54, 1.807) is 0 Å². The number of amides is 1. The summed E-state index contributed by atoms with van der Waals surface area (Å²) in [6, 6.07) is 7.65. The number of carbonyl (C=O) groups is 2. The van der Waals surface area contributed by atoms with Crippen LogP contribution in [0.25, 0.3) is 0 Å². The Morgan fingerprint density at radius 2 is 2.20 bits per heavy atom. The van der Waals surface area contributed by atoms with Crippen LogP contribution in [0.3, 0.4) is 0 Å². The average molecular weight is 275 g/mol. The number of likely N-dealkylation sites (tertiary alicyclic amines) is 1. The molecular weight excluding hydrogens is 258 g/mol. The number of piperidine rings is 1. The van der Waals surface area contributed by atoms with Gasteiger partial charge in [0, 0.05) is 31.1 Å². The fourth-order valence-corrected chi connectivity index (χ4v) is 3.45. The summed E-state index contributed by atoms with van der Waals surface area (Å²) in [6.07, 6.45) is 0.153. The summed E-state index contributed by atoms with van der Waals surface area (Å²) < 4.78 is 5.29. The average Bonchev–Trinajstić information content (AvgIpc) is 2.71. The van der Waals surface area contributed by atoms with Crippen molar-refractivity contribution in [1.82, 2.24) is 4.90 Å². The van der Waals surface area contributed by atoms with E-state index in [9.17, 15) is 14.7 Å². The minimum atomic E-state index is -0.991. The monoisotopic (exact) mass is 275 g/mol. The third-order valence-electron chi connectivity index (χ3n) is 4.53. The highest BCUT2D eigenvalue weighted by atomic mass is 16.5. The Morgan fingerprint density at radius 3 is 2.85 bits per heavy atom. The summed E-state index contributed by atoms with van der Waals surface area (Å²) >= 11 is 0. The maximum absolute atomic E-state index is 12.7. The second-order valence-electron chi connectivity index (χ2n) is 5.56. The molecule has 1 amide bonds. The number of Topliss-reactive ketones (excluding diaryl/α,β-unsaturated/α-hetero) is 1. The molecule has 0 radical (unpaired) electrons. The van der Waals surface area contributed by atoms with Crippen molar-refractivity contribution in [2.45, 2.75) is 25.5 Å². The molecule has 5 heteroatoms. The van der Waals surface area contributed by atoms with E-state index in [0.717, 1.165) is 11.1 Å². The number of rotatable bonds is 1. The normalized spacial score (nSPS) is 28.8. The van der Waals surface area contributed by atoms with Gasteiger partial charge in [-0.25, -0.2) is 4.79 Å². The smallest absolute Gasteiger partial charge is 0.409 e. The second-order valence-corrected chi connectivity index (χ2v) is 5.56. The number of methoxy groups -OCH3 is 1. The number of fused-ring (bicyclic) bond motifs is 1. The van der Waals surface area contributed by atoms with E-state index in [4.69, 9.17) is 4.74 Å². The number of ketones is 1. The Bertz CT molecular complexity index is 571. The van der Waals surface area contributed by atoms with E-state index in [2.05, 4.69) is 0 Å². The summed E-state index contributed by atoms with van der Waals surface area (Å²) in [4.78, 5) is 25.2. The van der Waals surface area contributed by atoms with Crippen molar-refractivity contribution in [1.29, 1.82) is 0 Å². The number of nitrogens with zero attached hydrogens (tertiary/aromatic N) is 1. The van der Waals surface area contributed by atoms with E-state index < -0.39 is 17.7 Å². The Hall–Kier alpha value is -1.88. The number of carboxylic acid groups (broad SMARTS) is 1. The van der Waals surface area contributed by atoms with Crippen LogP contribution in [0.15, 0.2) is 24.3 Å². The first-order chi connectivity index (χ1) is 9.57. The molecule has 0 aromatic heterocycles. The van der Waals surface area contributed by atoms with E-state index in [0.29, 0.717) is 25.8 Å².